The summed E-state index contributed by atoms with van der Waals surface area (Å²) in [6, 6.07) is 13.5. The van der Waals surface area contributed by atoms with E-state index in [0.29, 0.717) is 13.0 Å². The molecular formula is C23H23N3O4S. The first kappa shape index (κ1) is 19.8. The third-order valence-electron chi connectivity index (χ3n) is 5.49. The van der Waals surface area contributed by atoms with Crippen LogP contribution in [0, 0.1) is 0 Å². The molecule has 2 aliphatic heterocycles. The maximum absolute atomic E-state index is 13.3. The van der Waals surface area contributed by atoms with Crippen LogP contribution in [0.5, 0.6) is 11.5 Å². The van der Waals surface area contributed by atoms with Crippen LogP contribution in [0.4, 0.5) is 0 Å². The molecule has 0 spiro atoms. The van der Waals surface area contributed by atoms with Gasteiger partial charge in [0.25, 0.3) is 5.91 Å². The minimum Gasteiger partial charge on any atom is -0.467 e. The van der Waals surface area contributed by atoms with Gasteiger partial charge in [0.1, 0.15) is 11.8 Å². The number of likely N-dealkylation sites (N-methyl/N-ethyl adjacent to an activating group) is 1. The van der Waals surface area contributed by atoms with Crippen molar-refractivity contribution in [1.82, 2.24) is 9.91 Å². The first-order valence-corrected chi connectivity index (χ1v) is 11.2. The maximum atomic E-state index is 13.3. The summed E-state index contributed by atoms with van der Waals surface area (Å²) in [6.07, 6.45) is 2.28. The lowest BCUT2D eigenvalue weighted by Crippen LogP contribution is -2.37. The Kier molecular flexibility index (Phi) is 5.48. The molecule has 31 heavy (non-hydrogen) atoms. The topological polar surface area (TPSA) is 67.5 Å². The zero-order chi connectivity index (χ0) is 21.2. The van der Waals surface area contributed by atoms with Crippen molar-refractivity contribution in [2.75, 3.05) is 19.9 Å². The first-order valence-electron chi connectivity index (χ1n) is 10.3. The van der Waals surface area contributed by atoms with Gasteiger partial charge in [-0.15, -0.1) is 11.3 Å². The Balaban J connectivity index is 1.32. The average Bonchev–Trinajstić information content (AvgIpc) is 3.57. The van der Waals surface area contributed by atoms with Crippen LogP contribution in [0.25, 0.3) is 0 Å². The summed E-state index contributed by atoms with van der Waals surface area (Å²) in [4.78, 5) is 16.5. The Morgan fingerprint density at radius 3 is 2.90 bits per heavy atom. The molecule has 0 fully saturated rings. The van der Waals surface area contributed by atoms with Gasteiger partial charge in [-0.1, -0.05) is 19.1 Å². The van der Waals surface area contributed by atoms with Crippen LogP contribution in [-0.4, -0.2) is 41.4 Å². The van der Waals surface area contributed by atoms with E-state index in [9.17, 15) is 4.79 Å². The molecule has 0 saturated heterocycles. The van der Waals surface area contributed by atoms with E-state index in [1.807, 2.05) is 47.8 Å². The SMILES string of the molecule is CCN(CC(=O)N1N=C(c2cccs2)CC1c1ccco1)Cc1ccc2c(c1)OCO2. The molecule has 0 aliphatic carbocycles. The van der Waals surface area contributed by atoms with Gasteiger partial charge in [0.2, 0.25) is 6.79 Å². The Hall–Kier alpha value is -3.10. The van der Waals surface area contributed by atoms with Gasteiger partial charge in [0.15, 0.2) is 11.5 Å². The first-order chi connectivity index (χ1) is 15.2. The van der Waals surface area contributed by atoms with Crippen molar-refractivity contribution in [3.8, 4) is 11.5 Å². The number of rotatable bonds is 7. The zero-order valence-corrected chi connectivity index (χ0v) is 18.0. The van der Waals surface area contributed by atoms with E-state index >= 15 is 0 Å². The lowest BCUT2D eigenvalue weighted by molar-refractivity contribution is -0.134. The Bertz CT molecular complexity index is 1080. The van der Waals surface area contributed by atoms with Gasteiger partial charge in [-0.2, -0.15) is 5.10 Å². The molecule has 1 atom stereocenters. The van der Waals surface area contributed by atoms with E-state index in [2.05, 4.69) is 11.8 Å². The molecule has 0 bridgehead atoms. The molecule has 2 aliphatic rings. The Morgan fingerprint density at radius 1 is 1.23 bits per heavy atom. The van der Waals surface area contributed by atoms with Crippen molar-refractivity contribution < 1.29 is 18.7 Å². The summed E-state index contributed by atoms with van der Waals surface area (Å²) in [5, 5.41) is 8.31. The monoisotopic (exact) mass is 437 g/mol. The number of carbonyl (C=O) groups excluding carboxylic acids is 1. The predicted octanol–water partition coefficient (Wildman–Crippen LogP) is 4.27. The molecular weight excluding hydrogens is 414 g/mol. The normalized spacial score (nSPS) is 17.4. The molecule has 0 saturated carbocycles. The molecule has 2 aromatic heterocycles. The molecule has 160 valence electrons. The molecule has 0 N–H and O–H groups in total. The number of fused-ring (bicyclic) bond motifs is 1. The fourth-order valence-electron chi connectivity index (χ4n) is 3.88. The number of amides is 1. The van der Waals surface area contributed by atoms with Gasteiger partial charge in [-0.05, 0) is 47.8 Å². The van der Waals surface area contributed by atoms with Crippen molar-refractivity contribution in [3.63, 3.8) is 0 Å². The van der Waals surface area contributed by atoms with Gasteiger partial charge in [0, 0.05) is 13.0 Å². The van der Waals surface area contributed by atoms with Crippen molar-refractivity contribution in [1.29, 1.82) is 0 Å². The number of ether oxygens (including phenoxy) is 2. The summed E-state index contributed by atoms with van der Waals surface area (Å²) in [5.74, 6) is 2.22. The lowest BCUT2D eigenvalue weighted by atomic mass is 10.1. The number of thiophene rings is 1. The van der Waals surface area contributed by atoms with Crippen LogP contribution in [0.1, 0.15) is 35.6 Å². The molecule has 1 aromatic carbocycles. The van der Waals surface area contributed by atoms with E-state index in [4.69, 9.17) is 19.0 Å². The van der Waals surface area contributed by atoms with Crippen molar-refractivity contribution >= 4 is 23.0 Å². The quantitative estimate of drug-likeness (QED) is 0.552. The van der Waals surface area contributed by atoms with Gasteiger partial charge >= 0.3 is 0 Å². The fourth-order valence-corrected chi connectivity index (χ4v) is 4.60. The van der Waals surface area contributed by atoms with Crippen LogP contribution in [0.2, 0.25) is 0 Å². The second-order valence-electron chi connectivity index (χ2n) is 7.49. The number of hydrogen-bond donors (Lipinski definition) is 0. The summed E-state index contributed by atoms with van der Waals surface area (Å²) < 4.78 is 16.5. The highest BCUT2D eigenvalue weighted by atomic mass is 32.1. The molecule has 1 amide bonds. The summed E-state index contributed by atoms with van der Waals surface area (Å²) in [5.41, 5.74) is 1.99. The number of hydrazone groups is 1. The van der Waals surface area contributed by atoms with Crippen LogP contribution < -0.4 is 9.47 Å². The van der Waals surface area contributed by atoms with Gasteiger partial charge in [0.05, 0.1) is 23.4 Å². The molecule has 1 unspecified atom stereocenters. The molecule has 4 heterocycles. The van der Waals surface area contributed by atoms with Gasteiger partial charge < -0.3 is 13.9 Å². The second-order valence-corrected chi connectivity index (χ2v) is 8.44. The Morgan fingerprint density at radius 2 is 2.13 bits per heavy atom. The standard InChI is InChI=1S/C23H23N3O4S/c1-2-25(13-16-7-8-20-21(11-16)30-15-29-20)14-23(27)26-18(19-5-3-9-28-19)12-17(24-26)22-6-4-10-31-22/h3-11,18H,2,12-15H2,1H3. The van der Waals surface area contributed by atoms with Crippen LogP contribution in [0.15, 0.2) is 63.6 Å². The summed E-state index contributed by atoms with van der Waals surface area (Å²) >= 11 is 1.63. The molecule has 0 radical (unpaired) electrons. The van der Waals surface area contributed by atoms with Crippen LogP contribution in [-0.2, 0) is 11.3 Å². The third-order valence-corrected chi connectivity index (χ3v) is 6.41. The highest BCUT2D eigenvalue weighted by molar-refractivity contribution is 7.12. The number of furan rings is 1. The molecule has 7 nitrogen and oxygen atoms in total. The van der Waals surface area contributed by atoms with E-state index in [1.54, 1.807) is 22.6 Å². The van der Waals surface area contributed by atoms with Gasteiger partial charge in [-0.25, -0.2) is 5.01 Å². The Labute approximate surface area is 184 Å². The zero-order valence-electron chi connectivity index (χ0n) is 17.2. The van der Waals surface area contributed by atoms with Crippen LogP contribution >= 0.6 is 11.3 Å². The van der Waals surface area contributed by atoms with E-state index in [1.165, 1.54) is 0 Å². The van der Waals surface area contributed by atoms with E-state index in [-0.39, 0.29) is 25.3 Å². The maximum Gasteiger partial charge on any atom is 0.257 e. The average molecular weight is 438 g/mol. The number of carbonyl (C=O) groups is 1. The van der Waals surface area contributed by atoms with Crippen molar-refractivity contribution in [2.24, 2.45) is 5.10 Å². The predicted molar refractivity (Wildman–Crippen MR) is 117 cm³/mol. The van der Waals surface area contributed by atoms with E-state index in [0.717, 1.165) is 40.0 Å². The van der Waals surface area contributed by atoms with Gasteiger partial charge in [-0.3, -0.25) is 9.69 Å². The van der Waals surface area contributed by atoms with Crippen molar-refractivity contribution in [2.45, 2.75) is 25.9 Å². The summed E-state index contributed by atoms with van der Waals surface area (Å²) in [6.45, 7) is 3.95. The number of hydrogen-bond acceptors (Lipinski definition) is 7. The number of nitrogens with zero attached hydrogens (tertiary/aromatic N) is 3. The summed E-state index contributed by atoms with van der Waals surface area (Å²) in [7, 11) is 0. The van der Waals surface area contributed by atoms with E-state index < -0.39 is 0 Å². The minimum atomic E-state index is -0.219. The molecule has 8 heteroatoms. The minimum absolute atomic E-state index is 0.0458. The third kappa shape index (κ3) is 4.08. The van der Waals surface area contributed by atoms with Crippen molar-refractivity contribution in [3.05, 3.63) is 70.3 Å². The fraction of sp³-hybridized carbons (Fsp3) is 0.304. The highest BCUT2D eigenvalue weighted by Gasteiger charge is 2.35. The number of benzene rings is 1. The largest absolute Gasteiger partial charge is 0.467 e. The lowest BCUT2D eigenvalue weighted by Gasteiger charge is -2.25. The smallest absolute Gasteiger partial charge is 0.257 e. The second kappa shape index (κ2) is 8.56. The molecule has 5 rings (SSSR count). The van der Waals surface area contributed by atoms with Crippen LogP contribution in [0.3, 0.4) is 0 Å². The molecule has 3 aromatic rings. The highest BCUT2D eigenvalue weighted by Crippen LogP contribution is 2.35.